The number of rotatable bonds is 5. The molecular formula is C16H15FN2O3. The van der Waals surface area contributed by atoms with Gasteiger partial charge in [-0.1, -0.05) is 6.07 Å². The number of hydrogen-bond donors (Lipinski definition) is 2. The zero-order valence-electron chi connectivity index (χ0n) is 11.9. The lowest BCUT2D eigenvalue weighted by Crippen LogP contribution is -2.15. The van der Waals surface area contributed by atoms with Crippen molar-refractivity contribution < 1.29 is 18.7 Å². The van der Waals surface area contributed by atoms with Crippen molar-refractivity contribution in [2.24, 2.45) is 5.73 Å². The van der Waals surface area contributed by atoms with Crippen molar-refractivity contribution in [2.45, 2.75) is 6.42 Å². The number of anilines is 1. The van der Waals surface area contributed by atoms with E-state index < -0.39 is 11.7 Å². The van der Waals surface area contributed by atoms with Crippen LogP contribution < -0.4 is 15.8 Å². The van der Waals surface area contributed by atoms with E-state index in [0.717, 1.165) is 0 Å². The lowest BCUT2D eigenvalue weighted by atomic mass is 10.1. The lowest BCUT2D eigenvalue weighted by molar-refractivity contribution is -0.115. The van der Waals surface area contributed by atoms with Crippen LogP contribution in [0.25, 0.3) is 0 Å². The van der Waals surface area contributed by atoms with Gasteiger partial charge in [-0.3, -0.25) is 9.59 Å². The summed E-state index contributed by atoms with van der Waals surface area (Å²) in [4.78, 5) is 22.9. The van der Waals surface area contributed by atoms with Gasteiger partial charge in [-0.2, -0.15) is 0 Å². The van der Waals surface area contributed by atoms with Gasteiger partial charge in [0.15, 0.2) is 11.6 Å². The summed E-state index contributed by atoms with van der Waals surface area (Å²) >= 11 is 0. The molecule has 3 N–H and O–H groups in total. The molecule has 114 valence electrons. The molecule has 0 unspecified atom stereocenters. The molecule has 0 aromatic heterocycles. The molecule has 2 aromatic rings. The molecule has 5 nitrogen and oxygen atoms in total. The Hall–Kier alpha value is -2.89. The predicted molar refractivity (Wildman–Crippen MR) is 80.2 cm³/mol. The highest BCUT2D eigenvalue weighted by atomic mass is 19.1. The third kappa shape index (κ3) is 3.82. The minimum Gasteiger partial charge on any atom is -0.494 e. The number of nitrogens with one attached hydrogen (secondary N) is 1. The van der Waals surface area contributed by atoms with Gasteiger partial charge in [-0.15, -0.1) is 0 Å². The monoisotopic (exact) mass is 302 g/mol. The van der Waals surface area contributed by atoms with Crippen molar-refractivity contribution in [2.75, 3.05) is 12.4 Å². The third-order valence-corrected chi connectivity index (χ3v) is 3.03. The summed E-state index contributed by atoms with van der Waals surface area (Å²) in [6, 6.07) is 10.5. The van der Waals surface area contributed by atoms with E-state index >= 15 is 0 Å². The quantitative estimate of drug-likeness (QED) is 0.887. The summed E-state index contributed by atoms with van der Waals surface area (Å²) in [6.45, 7) is 0. The third-order valence-electron chi connectivity index (χ3n) is 3.03. The highest BCUT2D eigenvalue weighted by molar-refractivity contribution is 5.95. The Labute approximate surface area is 126 Å². The predicted octanol–water partition coefficient (Wildman–Crippen LogP) is 2.11. The van der Waals surface area contributed by atoms with Crippen molar-refractivity contribution in [3.63, 3.8) is 0 Å². The second kappa shape index (κ2) is 6.71. The van der Waals surface area contributed by atoms with E-state index in [4.69, 9.17) is 10.5 Å². The Bertz CT molecular complexity index is 699. The Balaban J connectivity index is 2.00. The lowest BCUT2D eigenvalue weighted by Gasteiger charge is -2.07. The van der Waals surface area contributed by atoms with Crippen LogP contribution in [0.1, 0.15) is 15.9 Å². The first kappa shape index (κ1) is 15.5. The van der Waals surface area contributed by atoms with Crippen LogP contribution in [0, 0.1) is 5.82 Å². The maximum Gasteiger partial charge on any atom is 0.248 e. The minimum atomic E-state index is -0.536. The number of carbonyl (C=O) groups is 2. The second-order valence-electron chi connectivity index (χ2n) is 4.64. The van der Waals surface area contributed by atoms with E-state index in [1.165, 1.54) is 31.4 Å². The van der Waals surface area contributed by atoms with Crippen LogP contribution in [0.15, 0.2) is 42.5 Å². The average molecular weight is 302 g/mol. The van der Waals surface area contributed by atoms with Gasteiger partial charge < -0.3 is 15.8 Å². The molecule has 22 heavy (non-hydrogen) atoms. The van der Waals surface area contributed by atoms with E-state index in [1.54, 1.807) is 18.2 Å². The van der Waals surface area contributed by atoms with E-state index in [9.17, 15) is 14.0 Å². The van der Waals surface area contributed by atoms with Gasteiger partial charge in [0.2, 0.25) is 11.8 Å². The number of benzene rings is 2. The summed E-state index contributed by atoms with van der Waals surface area (Å²) in [5, 5.41) is 2.66. The maximum absolute atomic E-state index is 13.5. The Kier molecular flexibility index (Phi) is 4.73. The summed E-state index contributed by atoms with van der Waals surface area (Å²) in [5.74, 6) is -1.22. The zero-order chi connectivity index (χ0) is 16.1. The number of ether oxygens (including phenoxy) is 1. The van der Waals surface area contributed by atoms with Crippen LogP contribution in [0.3, 0.4) is 0 Å². The normalized spacial score (nSPS) is 10.1. The van der Waals surface area contributed by atoms with Crippen molar-refractivity contribution in [3.8, 4) is 5.75 Å². The smallest absolute Gasteiger partial charge is 0.248 e. The molecule has 0 atom stereocenters. The summed E-state index contributed by atoms with van der Waals surface area (Å²) in [7, 11) is 1.38. The van der Waals surface area contributed by atoms with Gasteiger partial charge in [-0.05, 0) is 42.0 Å². The first-order valence-corrected chi connectivity index (χ1v) is 6.51. The minimum absolute atomic E-state index is 0.0263. The molecule has 0 radical (unpaired) electrons. The Morgan fingerprint density at radius 1 is 1.18 bits per heavy atom. The van der Waals surface area contributed by atoms with Crippen LogP contribution in [0.2, 0.25) is 0 Å². The highest BCUT2D eigenvalue weighted by Gasteiger charge is 2.08. The van der Waals surface area contributed by atoms with Crippen LogP contribution in [0.4, 0.5) is 10.1 Å². The molecule has 2 amide bonds. The fourth-order valence-corrected chi connectivity index (χ4v) is 1.93. The molecule has 0 fully saturated rings. The van der Waals surface area contributed by atoms with Gasteiger partial charge in [0.1, 0.15) is 0 Å². The fraction of sp³-hybridized carbons (Fsp3) is 0.125. The molecular weight excluding hydrogens is 287 g/mol. The van der Waals surface area contributed by atoms with Gasteiger partial charge in [0.25, 0.3) is 0 Å². The number of hydrogen-bond acceptors (Lipinski definition) is 3. The van der Waals surface area contributed by atoms with Crippen molar-refractivity contribution in [3.05, 3.63) is 59.4 Å². The number of nitrogens with two attached hydrogens (primary N) is 1. The summed E-state index contributed by atoms with van der Waals surface area (Å²) in [6.07, 6.45) is 0.0263. The Morgan fingerprint density at radius 2 is 1.86 bits per heavy atom. The van der Waals surface area contributed by atoms with Gasteiger partial charge in [0, 0.05) is 11.3 Å². The van der Waals surface area contributed by atoms with Crippen molar-refractivity contribution in [1.29, 1.82) is 0 Å². The van der Waals surface area contributed by atoms with Crippen LogP contribution in [0.5, 0.6) is 5.75 Å². The standard InChI is InChI=1S/C16H15FN2O3/c1-22-14-7-2-10(8-13(14)17)9-15(20)19-12-5-3-11(4-6-12)16(18)21/h2-8H,9H2,1H3,(H2,18,21)(H,19,20). The molecule has 0 spiro atoms. The van der Waals surface area contributed by atoms with Gasteiger partial charge in [-0.25, -0.2) is 4.39 Å². The number of methoxy groups -OCH3 is 1. The molecule has 6 heteroatoms. The number of amides is 2. The molecule has 0 bridgehead atoms. The van der Waals surface area contributed by atoms with Gasteiger partial charge >= 0.3 is 0 Å². The van der Waals surface area contributed by atoms with E-state index in [1.807, 2.05) is 0 Å². The first-order valence-electron chi connectivity index (χ1n) is 6.51. The average Bonchev–Trinajstić information content (AvgIpc) is 2.48. The largest absolute Gasteiger partial charge is 0.494 e. The molecule has 2 aromatic carbocycles. The molecule has 2 rings (SSSR count). The first-order chi connectivity index (χ1) is 10.5. The van der Waals surface area contributed by atoms with Crippen LogP contribution >= 0.6 is 0 Å². The summed E-state index contributed by atoms with van der Waals surface area (Å²) in [5.41, 5.74) is 6.55. The fourth-order valence-electron chi connectivity index (χ4n) is 1.93. The number of carbonyl (C=O) groups excluding carboxylic acids is 2. The van der Waals surface area contributed by atoms with Crippen LogP contribution in [-0.4, -0.2) is 18.9 Å². The molecule has 0 aliphatic heterocycles. The molecule has 0 heterocycles. The topological polar surface area (TPSA) is 81.4 Å². The molecule has 0 aliphatic rings. The van der Waals surface area contributed by atoms with E-state index in [0.29, 0.717) is 16.8 Å². The second-order valence-corrected chi connectivity index (χ2v) is 4.64. The molecule has 0 aliphatic carbocycles. The Morgan fingerprint density at radius 3 is 2.41 bits per heavy atom. The summed E-state index contributed by atoms with van der Waals surface area (Å²) < 4.78 is 18.4. The molecule has 0 saturated heterocycles. The van der Waals surface area contributed by atoms with Crippen LogP contribution in [-0.2, 0) is 11.2 Å². The van der Waals surface area contributed by atoms with E-state index in [-0.39, 0.29) is 18.1 Å². The maximum atomic E-state index is 13.5. The number of primary amides is 1. The zero-order valence-corrected chi connectivity index (χ0v) is 11.9. The van der Waals surface area contributed by atoms with Crippen molar-refractivity contribution in [1.82, 2.24) is 0 Å². The number of halogens is 1. The highest BCUT2D eigenvalue weighted by Crippen LogP contribution is 2.18. The van der Waals surface area contributed by atoms with E-state index in [2.05, 4.69) is 5.32 Å². The van der Waals surface area contributed by atoms with Gasteiger partial charge in [0.05, 0.1) is 13.5 Å². The van der Waals surface area contributed by atoms with Crippen molar-refractivity contribution >= 4 is 17.5 Å². The SMILES string of the molecule is COc1ccc(CC(=O)Nc2ccc(C(N)=O)cc2)cc1F. The molecule has 0 saturated carbocycles.